The molecule has 8 nitrogen and oxygen atoms in total. The summed E-state index contributed by atoms with van der Waals surface area (Å²) in [6, 6.07) is 7.45. The van der Waals surface area contributed by atoms with Gasteiger partial charge in [0.15, 0.2) is 0 Å². The summed E-state index contributed by atoms with van der Waals surface area (Å²) >= 11 is 0. The quantitative estimate of drug-likeness (QED) is 0.545. The van der Waals surface area contributed by atoms with E-state index >= 15 is 0 Å². The first-order chi connectivity index (χ1) is 13.5. The molecule has 2 aromatic carbocycles. The molecule has 152 valence electrons. The van der Waals surface area contributed by atoms with E-state index in [1.54, 1.807) is 26.4 Å². The van der Waals surface area contributed by atoms with E-state index in [0.29, 0.717) is 34.0 Å². The van der Waals surface area contributed by atoms with E-state index in [9.17, 15) is 10.2 Å². The van der Waals surface area contributed by atoms with Gasteiger partial charge in [0.05, 0.1) is 38.8 Å². The number of methoxy groups -OCH3 is 2. The van der Waals surface area contributed by atoms with Crippen molar-refractivity contribution in [2.24, 2.45) is 0 Å². The summed E-state index contributed by atoms with van der Waals surface area (Å²) in [6.07, 6.45) is 0. The van der Waals surface area contributed by atoms with Gasteiger partial charge in [-0.1, -0.05) is 0 Å². The van der Waals surface area contributed by atoms with E-state index in [2.05, 4.69) is 9.80 Å². The van der Waals surface area contributed by atoms with Crippen molar-refractivity contribution in [3.63, 3.8) is 0 Å². The fraction of sp³-hybridized carbons (Fsp3) is 0.400. The molecule has 28 heavy (non-hydrogen) atoms. The summed E-state index contributed by atoms with van der Waals surface area (Å²) in [7, 11) is 3.14. The number of hydrogen-bond acceptors (Lipinski definition) is 8. The number of aliphatic hydroxyl groups is 2. The van der Waals surface area contributed by atoms with Crippen molar-refractivity contribution in [1.82, 2.24) is 0 Å². The molecule has 0 spiro atoms. The average molecular weight is 388 g/mol. The number of benzene rings is 2. The third kappa shape index (κ3) is 3.48. The lowest BCUT2D eigenvalue weighted by molar-refractivity contribution is 0.274. The molecule has 0 bridgehead atoms. The standard InChI is InChI=1S/C20H28N4O4/c1-27-19-14(12-26)17(5-4-16(19)22)23-7-9-24(10-8-23)18-6-3-15(21)13(11-25)20(18)28-2/h3-6,25-26H,7-12,21-22H2,1-2H3. The molecule has 0 aromatic heterocycles. The minimum Gasteiger partial charge on any atom is -0.494 e. The van der Waals surface area contributed by atoms with Crippen LogP contribution in [0.4, 0.5) is 22.7 Å². The Labute approximate surface area is 164 Å². The Morgan fingerprint density at radius 2 is 1.25 bits per heavy atom. The molecule has 0 radical (unpaired) electrons. The van der Waals surface area contributed by atoms with Crippen LogP contribution in [0.15, 0.2) is 24.3 Å². The topological polar surface area (TPSA) is 117 Å². The van der Waals surface area contributed by atoms with Gasteiger partial charge in [-0.25, -0.2) is 0 Å². The predicted octanol–water partition coefficient (Wildman–Crippen LogP) is 1.18. The smallest absolute Gasteiger partial charge is 0.149 e. The number of piperazine rings is 1. The van der Waals surface area contributed by atoms with Crippen LogP contribution in [0.3, 0.4) is 0 Å². The van der Waals surface area contributed by atoms with Crippen molar-refractivity contribution in [2.45, 2.75) is 13.2 Å². The lowest BCUT2D eigenvalue weighted by Gasteiger charge is -2.39. The summed E-state index contributed by atoms with van der Waals surface area (Å²) in [4.78, 5) is 4.42. The second-order valence-corrected chi connectivity index (χ2v) is 6.66. The Morgan fingerprint density at radius 1 is 0.750 bits per heavy atom. The lowest BCUT2D eigenvalue weighted by Crippen LogP contribution is -2.47. The molecule has 1 fully saturated rings. The highest BCUT2D eigenvalue weighted by Gasteiger charge is 2.24. The molecule has 2 aromatic rings. The van der Waals surface area contributed by atoms with E-state index in [1.165, 1.54) is 0 Å². The van der Waals surface area contributed by atoms with Crippen molar-refractivity contribution in [3.05, 3.63) is 35.4 Å². The van der Waals surface area contributed by atoms with Gasteiger partial charge in [-0.15, -0.1) is 0 Å². The molecule has 0 saturated carbocycles. The number of rotatable bonds is 6. The zero-order valence-electron chi connectivity index (χ0n) is 16.3. The summed E-state index contributed by atoms with van der Waals surface area (Å²) in [6.45, 7) is 2.69. The highest BCUT2D eigenvalue weighted by atomic mass is 16.5. The number of ether oxygens (including phenoxy) is 2. The molecule has 0 amide bonds. The average Bonchev–Trinajstić information content (AvgIpc) is 2.73. The first kappa shape index (κ1) is 19.9. The first-order valence-electron chi connectivity index (χ1n) is 9.18. The van der Waals surface area contributed by atoms with Gasteiger partial charge in [-0.05, 0) is 24.3 Å². The van der Waals surface area contributed by atoms with Crippen LogP contribution >= 0.6 is 0 Å². The molecule has 6 N–H and O–H groups in total. The van der Waals surface area contributed by atoms with Gasteiger partial charge in [0.1, 0.15) is 11.5 Å². The Balaban J connectivity index is 1.83. The molecule has 1 aliphatic rings. The van der Waals surface area contributed by atoms with E-state index in [0.717, 1.165) is 37.6 Å². The van der Waals surface area contributed by atoms with E-state index in [-0.39, 0.29) is 13.2 Å². The van der Waals surface area contributed by atoms with Gasteiger partial charge in [0.2, 0.25) is 0 Å². The van der Waals surface area contributed by atoms with Crippen molar-refractivity contribution in [3.8, 4) is 11.5 Å². The fourth-order valence-corrected chi connectivity index (χ4v) is 3.78. The van der Waals surface area contributed by atoms with Crippen LogP contribution in [0.1, 0.15) is 11.1 Å². The summed E-state index contributed by atoms with van der Waals surface area (Å²) < 4.78 is 10.9. The van der Waals surface area contributed by atoms with Gasteiger partial charge in [0.25, 0.3) is 0 Å². The molecular weight excluding hydrogens is 360 g/mol. The maximum absolute atomic E-state index is 9.84. The number of nitrogen functional groups attached to an aromatic ring is 2. The van der Waals surface area contributed by atoms with Crippen LogP contribution in [0.25, 0.3) is 0 Å². The minimum atomic E-state index is -0.173. The molecule has 3 rings (SSSR count). The van der Waals surface area contributed by atoms with Crippen LogP contribution < -0.4 is 30.7 Å². The number of anilines is 4. The fourth-order valence-electron chi connectivity index (χ4n) is 3.78. The second kappa shape index (κ2) is 8.45. The third-order valence-corrected chi connectivity index (χ3v) is 5.23. The Morgan fingerprint density at radius 3 is 1.79 bits per heavy atom. The van der Waals surface area contributed by atoms with Crippen molar-refractivity contribution < 1.29 is 19.7 Å². The van der Waals surface area contributed by atoms with Crippen molar-refractivity contribution in [1.29, 1.82) is 0 Å². The maximum atomic E-state index is 9.84. The molecule has 0 aliphatic carbocycles. The van der Waals surface area contributed by atoms with E-state index < -0.39 is 0 Å². The third-order valence-electron chi connectivity index (χ3n) is 5.23. The van der Waals surface area contributed by atoms with E-state index in [4.69, 9.17) is 20.9 Å². The Kier molecular flexibility index (Phi) is 6.01. The SMILES string of the molecule is COc1c(N)ccc(N2CCN(c3ccc(N)c(CO)c3OC)CC2)c1CO. The monoisotopic (exact) mass is 388 g/mol. The second-order valence-electron chi connectivity index (χ2n) is 6.66. The molecular formula is C20H28N4O4. The van der Waals surface area contributed by atoms with Gasteiger partial charge in [-0.3, -0.25) is 0 Å². The molecule has 0 atom stereocenters. The highest BCUT2D eigenvalue weighted by Crippen LogP contribution is 2.38. The Bertz CT molecular complexity index is 766. The molecule has 1 saturated heterocycles. The predicted molar refractivity (Wildman–Crippen MR) is 111 cm³/mol. The summed E-state index contributed by atoms with van der Waals surface area (Å²) in [5.41, 5.74) is 16.1. The van der Waals surface area contributed by atoms with Gasteiger partial charge in [-0.2, -0.15) is 0 Å². The Hall–Kier alpha value is -2.84. The van der Waals surface area contributed by atoms with Crippen molar-refractivity contribution >= 4 is 22.7 Å². The van der Waals surface area contributed by atoms with Crippen LogP contribution in [0.5, 0.6) is 11.5 Å². The zero-order chi connectivity index (χ0) is 20.3. The molecule has 0 unspecified atom stereocenters. The molecule has 8 heteroatoms. The van der Waals surface area contributed by atoms with Crippen LogP contribution in [-0.2, 0) is 13.2 Å². The van der Waals surface area contributed by atoms with Gasteiger partial charge >= 0.3 is 0 Å². The number of nitrogens with zero attached hydrogens (tertiary/aromatic N) is 2. The lowest BCUT2D eigenvalue weighted by atomic mass is 10.1. The molecule has 1 heterocycles. The highest BCUT2D eigenvalue weighted by molar-refractivity contribution is 5.71. The van der Waals surface area contributed by atoms with Crippen LogP contribution in [0, 0.1) is 0 Å². The van der Waals surface area contributed by atoms with Crippen molar-refractivity contribution in [2.75, 3.05) is 61.7 Å². The van der Waals surface area contributed by atoms with E-state index in [1.807, 2.05) is 12.1 Å². The number of hydrogen-bond donors (Lipinski definition) is 4. The van der Waals surface area contributed by atoms with Crippen LogP contribution in [0.2, 0.25) is 0 Å². The van der Waals surface area contributed by atoms with Crippen LogP contribution in [-0.4, -0.2) is 50.6 Å². The molecule has 1 aliphatic heterocycles. The number of nitrogens with two attached hydrogens (primary N) is 2. The zero-order valence-corrected chi connectivity index (χ0v) is 16.3. The largest absolute Gasteiger partial charge is 0.494 e. The summed E-state index contributed by atoms with van der Waals surface area (Å²) in [5.74, 6) is 1.14. The minimum absolute atomic E-state index is 0.143. The normalized spacial score (nSPS) is 14.3. The van der Waals surface area contributed by atoms with Gasteiger partial charge < -0.3 is 41.0 Å². The number of aliphatic hydroxyl groups excluding tert-OH is 2. The maximum Gasteiger partial charge on any atom is 0.149 e. The first-order valence-corrected chi connectivity index (χ1v) is 9.18. The summed E-state index contributed by atoms with van der Waals surface area (Å²) in [5, 5.41) is 19.5. The van der Waals surface area contributed by atoms with Gasteiger partial charge in [0, 0.05) is 48.7 Å².